The summed E-state index contributed by atoms with van der Waals surface area (Å²) in [6.07, 6.45) is 3.21. The Morgan fingerprint density at radius 2 is 2.05 bits per heavy atom. The van der Waals surface area contributed by atoms with Gasteiger partial charge in [-0.3, -0.25) is 4.90 Å². The fourth-order valence-electron chi connectivity index (χ4n) is 3.00. The second kappa shape index (κ2) is 6.90. The fraction of sp³-hybridized carbons (Fsp3) is 0.389. The van der Waals surface area contributed by atoms with Crippen LogP contribution in [0.3, 0.4) is 0 Å². The molecule has 0 spiro atoms. The summed E-state index contributed by atoms with van der Waals surface area (Å²) in [6, 6.07) is 14.6. The van der Waals surface area contributed by atoms with Crippen LogP contribution in [0.25, 0.3) is 0 Å². The summed E-state index contributed by atoms with van der Waals surface area (Å²) in [7, 11) is 2.05. The van der Waals surface area contributed by atoms with Crippen LogP contribution in [0.4, 0.5) is 11.5 Å². The highest BCUT2D eigenvalue weighted by Crippen LogP contribution is 2.22. The summed E-state index contributed by atoms with van der Waals surface area (Å²) < 4.78 is 0. The van der Waals surface area contributed by atoms with Gasteiger partial charge in [0.25, 0.3) is 0 Å². The maximum absolute atomic E-state index is 5.75. The number of anilines is 2. The van der Waals surface area contributed by atoms with E-state index in [1.54, 1.807) is 0 Å². The van der Waals surface area contributed by atoms with Crippen LogP contribution in [0.1, 0.15) is 12.0 Å². The van der Waals surface area contributed by atoms with Gasteiger partial charge in [0.2, 0.25) is 0 Å². The number of rotatable bonds is 5. The van der Waals surface area contributed by atoms with Crippen molar-refractivity contribution in [1.82, 2.24) is 9.88 Å². The van der Waals surface area contributed by atoms with Crippen molar-refractivity contribution in [3.8, 4) is 0 Å². The lowest BCUT2D eigenvalue weighted by Gasteiger charge is -2.19. The van der Waals surface area contributed by atoms with Crippen molar-refractivity contribution in [3.05, 3.63) is 54.2 Å². The van der Waals surface area contributed by atoms with Gasteiger partial charge in [-0.1, -0.05) is 24.3 Å². The van der Waals surface area contributed by atoms with Gasteiger partial charge in [0.15, 0.2) is 0 Å². The van der Waals surface area contributed by atoms with E-state index in [9.17, 15) is 0 Å². The molecule has 1 aromatic carbocycles. The quantitative estimate of drug-likeness (QED) is 0.921. The molecule has 22 heavy (non-hydrogen) atoms. The van der Waals surface area contributed by atoms with E-state index >= 15 is 0 Å². The maximum atomic E-state index is 5.75. The summed E-state index contributed by atoms with van der Waals surface area (Å²) in [6.45, 7) is 4.03. The van der Waals surface area contributed by atoms with E-state index in [4.69, 9.17) is 5.73 Å². The molecule has 0 aliphatic carbocycles. The van der Waals surface area contributed by atoms with E-state index in [2.05, 4.69) is 39.0 Å². The minimum absolute atomic E-state index is 0.663. The number of nitrogens with two attached hydrogens (primary N) is 1. The van der Waals surface area contributed by atoms with Crippen molar-refractivity contribution in [3.63, 3.8) is 0 Å². The van der Waals surface area contributed by atoms with Crippen LogP contribution in [-0.2, 0) is 6.54 Å². The Bertz CT molecular complexity index is 582. The average molecular weight is 296 g/mol. The van der Waals surface area contributed by atoms with Gasteiger partial charge in [0, 0.05) is 32.0 Å². The molecule has 0 bridgehead atoms. The molecule has 1 aromatic heterocycles. The molecule has 2 aromatic rings. The van der Waals surface area contributed by atoms with Gasteiger partial charge in [-0.2, -0.15) is 0 Å². The zero-order valence-corrected chi connectivity index (χ0v) is 13.2. The molecule has 1 aliphatic rings. The summed E-state index contributed by atoms with van der Waals surface area (Å²) in [4.78, 5) is 9.18. The van der Waals surface area contributed by atoms with E-state index in [1.807, 2.05) is 31.4 Å². The third-order valence-electron chi connectivity index (χ3n) is 4.41. The van der Waals surface area contributed by atoms with Gasteiger partial charge >= 0.3 is 0 Å². The highest BCUT2D eigenvalue weighted by atomic mass is 15.2. The number of pyridine rings is 1. The van der Waals surface area contributed by atoms with Crippen molar-refractivity contribution >= 4 is 11.5 Å². The number of hydrogen-bond acceptors (Lipinski definition) is 4. The molecule has 3 rings (SSSR count). The molecule has 116 valence electrons. The van der Waals surface area contributed by atoms with Crippen LogP contribution in [0.2, 0.25) is 0 Å². The Balaban J connectivity index is 1.63. The number of nitrogens with zero attached hydrogens (tertiary/aromatic N) is 3. The monoisotopic (exact) mass is 296 g/mol. The van der Waals surface area contributed by atoms with E-state index in [0.717, 1.165) is 37.7 Å². The topological polar surface area (TPSA) is 45.4 Å². The number of aromatic nitrogens is 1. The van der Waals surface area contributed by atoms with Crippen LogP contribution in [-0.4, -0.2) is 36.6 Å². The molecule has 4 heteroatoms. The molecule has 2 N–H and O–H groups in total. The predicted octanol–water partition coefficient (Wildman–Crippen LogP) is 2.63. The summed E-state index contributed by atoms with van der Waals surface area (Å²) in [5.74, 6) is 1.63. The number of benzene rings is 1. The predicted molar refractivity (Wildman–Crippen MR) is 91.2 cm³/mol. The van der Waals surface area contributed by atoms with Crippen LogP contribution in [0.5, 0.6) is 0 Å². The summed E-state index contributed by atoms with van der Waals surface area (Å²) in [5.41, 5.74) is 8.17. The van der Waals surface area contributed by atoms with Crippen molar-refractivity contribution in [1.29, 1.82) is 0 Å². The molecular formula is C18H24N4. The molecule has 1 saturated heterocycles. The Morgan fingerprint density at radius 3 is 2.68 bits per heavy atom. The van der Waals surface area contributed by atoms with Gasteiger partial charge in [-0.15, -0.1) is 0 Å². The van der Waals surface area contributed by atoms with Crippen molar-refractivity contribution in [2.75, 3.05) is 31.6 Å². The molecule has 1 aliphatic heterocycles. The van der Waals surface area contributed by atoms with Gasteiger partial charge in [0.05, 0.1) is 0 Å². The first-order valence-corrected chi connectivity index (χ1v) is 7.92. The highest BCUT2D eigenvalue weighted by molar-refractivity contribution is 5.58. The number of para-hydroxylation sites is 1. The molecule has 4 nitrogen and oxygen atoms in total. The second-order valence-corrected chi connectivity index (χ2v) is 6.04. The zero-order valence-electron chi connectivity index (χ0n) is 13.2. The molecular weight excluding hydrogens is 272 g/mol. The minimum Gasteiger partial charge on any atom is -0.330 e. The number of likely N-dealkylation sites (tertiary alicyclic amines) is 1. The lowest BCUT2D eigenvalue weighted by Crippen LogP contribution is -2.23. The summed E-state index contributed by atoms with van der Waals surface area (Å²) >= 11 is 0. The summed E-state index contributed by atoms with van der Waals surface area (Å²) in [5, 5.41) is 0. The standard InChI is InChI=1S/C18H24N4/c1-21(17-5-3-2-4-6-17)18-8-7-16(12-20-18)14-22-10-9-15(11-19)13-22/h2-8,12,15H,9-11,13-14,19H2,1H3. The third kappa shape index (κ3) is 3.46. The Kier molecular flexibility index (Phi) is 4.71. The van der Waals surface area contributed by atoms with E-state index < -0.39 is 0 Å². The van der Waals surface area contributed by atoms with Gasteiger partial charge in [-0.05, 0) is 49.2 Å². The third-order valence-corrected chi connectivity index (χ3v) is 4.41. The molecule has 0 saturated carbocycles. The normalized spacial score (nSPS) is 18.5. The molecule has 0 radical (unpaired) electrons. The van der Waals surface area contributed by atoms with Gasteiger partial charge in [0.1, 0.15) is 5.82 Å². The Hall–Kier alpha value is -1.91. The fourth-order valence-corrected chi connectivity index (χ4v) is 3.00. The van der Waals surface area contributed by atoms with Crippen LogP contribution < -0.4 is 10.6 Å². The minimum atomic E-state index is 0.663. The smallest absolute Gasteiger partial charge is 0.132 e. The average Bonchev–Trinajstić information content (AvgIpc) is 3.03. The zero-order chi connectivity index (χ0) is 15.4. The first kappa shape index (κ1) is 15.0. The Labute approximate surface area is 132 Å². The van der Waals surface area contributed by atoms with Crippen molar-refractivity contribution < 1.29 is 0 Å². The molecule has 0 amide bonds. The maximum Gasteiger partial charge on any atom is 0.132 e. The largest absolute Gasteiger partial charge is 0.330 e. The molecule has 1 unspecified atom stereocenters. The van der Waals surface area contributed by atoms with Gasteiger partial charge in [-0.25, -0.2) is 4.98 Å². The van der Waals surface area contributed by atoms with E-state index in [1.165, 1.54) is 12.0 Å². The van der Waals surface area contributed by atoms with Gasteiger partial charge < -0.3 is 10.6 Å². The molecule has 1 fully saturated rings. The lowest BCUT2D eigenvalue weighted by atomic mass is 10.1. The van der Waals surface area contributed by atoms with Crippen molar-refractivity contribution in [2.45, 2.75) is 13.0 Å². The highest BCUT2D eigenvalue weighted by Gasteiger charge is 2.21. The first-order valence-electron chi connectivity index (χ1n) is 7.92. The molecule has 2 heterocycles. The van der Waals surface area contributed by atoms with Crippen molar-refractivity contribution in [2.24, 2.45) is 11.7 Å². The van der Waals surface area contributed by atoms with Crippen LogP contribution in [0, 0.1) is 5.92 Å². The SMILES string of the molecule is CN(c1ccccc1)c1ccc(CN2CCC(CN)C2)cn1. The lowest BCUT2D eigenvalue weighted by molar-refractivity contribution is 0.317. The Morgan fingerprint density at radius 1 is 1.23 bits per heavy atom. The number of hydrogen-bond donors (Lipinski definition) is 1. The molecule has 1 atom stereocenters. The second-order valence-electron chi connectivity index (χ2n) is 6.04. The van der Waals surface area contributed by atoms with Crippen LogP contribution >= 0.6 is 0 Å². The van der Waals surface area contributed by atoms with E-state index in [0.29, 0.717) is 5.92 Å². The first-order chi connectivity index (χ1) is 10.8. The van der Waals surface area contributed by atoms with Crippen LogP contribution in [0.15, 0.2) is 48.7 Å². The van der Waals surface area contributed by atoms with E-state index in [-0.39, 0.29) is 0 Å².